The lowest BCUT2D eigenvalue weighted by molar-refractivity contribution is -0.138. The minimum atomic E-state index is -0.892. The number of carboxylic acid groups (broad SMARTS) is 1. The molecule has 0 saturated carbocycles. The summed E-state index contributed by atoms with van der Waals surface area (Å²) in [6, 6.07) is 1.72. The van der Waals surface area contributed by atoms with E-state index >= 15 is 0 Å². The van der Waals surface area contributed by atoms with Crippen molar-refractivity contribution in [3.8, 4) is 11.5 Å². The van der Waals surface area contributed by atoms with Gasteiger partial charge >= 0.3 is 5.97 Å². The fourth-order valence-electron chi connectivity index (χ4n) is 2.07. The van der Waals surface area contributed by atoms with Crippen LogP contribution < -0.4 is 4.74 Å². The van der Waals surface area contributed by atoms with Gasteiger partial charge in [-0.2, -0.15) is 0 Å². The van der Waals surface area contributed by atoms with E-state index in [0.29, 0.717) is 11.3 Å². The monoisotopic (exact) mass is 252 g/mol. The Kier molecular flexibility index (Phi) is 3.89. The number of carboxylic acids is 1. The van der Waals surface area contributed by atoms with E-state index in [1.165, 1.54) is 0 Å². The fourth-order valence-corrected chi connectivity index (χ4v) is 2.07. The number of aromatic hydroxyl groups is 1. The molecule has 0 spiro atoms. The standard InChI is InChI=1S/C14H20O4/c1-8-9(2)13(17)10(6-11(8)18-5)14(3,4)7-12(15)16/h6,17H,7H2,1-5H3,(H,15,16). The lowest BCUT2D eigenvalue weighted by Gasteiger charge is -2.26. The van der Waals surface area contributed by atoms with Gasteiger partial charge < -0.3 is 14.9 Å². The van der Waals surface area contributed by atoms with E-state index in [-0.39, 0.29) is 12.2 Å². The number of hydrogen-bond acceptors (Lipinski definition) is 3. The highest BCUT2D eigenvalue weighted by Crippen LogP contribution is 2.40. The van der Waals surface area contributed by atoms with Crippen LogP contribution in [0.5, 0.6) is 11.5 Å². The zero-order valence-corrected chi connectivity index (χ0v) is 11.5. The van der Waals surface area contributed by atoms with Crippen LogP contribution in [0, 0.1) is 13.8 Å². The van der Waals surface area contributed by atoms with Gasteiger partial charge in [0.15, 0.2) is 0 Å². The van der Waals surface area contributed by atoms with Gasteiger partial charge in [-0.1, -0.05) is 13.8 Å². The van der Waals surface area contributed by atoms with E-state index in [0.717, 1.165) is 11.1 Å². The SMILES string of the molecule is COc1cc(C(C)(C)CC(=O)O)c(O)c(C)c1C. The number of ether oxygens (including phenoxy) is 1. The molecule has 2 N–H and O–H groups in total. The molecule has 0 unspecified atom stereocenters. The van der Waals surface area contributed by atoms with Gasteiger partial charge in [0.05, 0.1) is 13.5 Å². The van der Waals surface area contributed by atoms with Crippen molar-refractivity contribution in [1.82, 2.24) is 0 Å². The summed E-state index contributed by atoms with van der Waals surface area (Å²) in [6.45, 7) is 7.25. The van der Waals surface area contributed by atoms with Gasteiger partial charge in [-0.05, 0) is 31.0 Å². The van der Waals surface area contributed by atoms with Crippen LogP contribution in [0.4, 0.5) is 0 Å². The minimum Gasteiger partial charge on any atom is -0.507 e. The largest absolute Gasteiger partial charge is 0.507 e. The Hall–Kier alpha value is -1.71. The molecular weight excluding hydrogens is 232 g/mol. The highest BCUT2D eigenvalue weighted by molar-refractivity contribution is 5.69. The first-order valence-corrected chi connectivity index (χ1v) is 5.80. The van der Waals surface area contributed by atoms with Gasteiger partial charge in [0, 0.05) is 11.0 Å². The summed E-state index contributed by atoms with van der Waals surface area (Å²) < 4.78 is 5.26. The molecule has 18 heavy (non-hydrogen) atoms. The number of hydrogen-bond donors (Lipinski definition) is 2. The molecule has 1 aromatic carbocycles. The third kappa shape index (κ3) is 2.58. The molecule has 0 aromatic heterocycles. The van der Waals surface area contributed by atoms with E-state index in [4.69, 9.17) is 9.84 Å². The maximum absolute atomic E-state index is 10.9. The molecule has 0 atom stereocenters. The van der Waals surface area contributed by atoms with Crippen LogP contribution in [0.1, 0.15) is 37.0 Å². The molecule has 0 saturated heterocycles. The number of benzene rings is 1. The van der Waals surface area contributed by atoms with Crippen molar-refractivity contribution in [3.63, 3.8) is 0 Å². The Labute approximate surface area is 107 Å². The Balaban J connectivity index is 3.41. The summed E-state index contributed by atoms with van der Waals surface area (Å²) in [6.07, 6.45) is -0.0494. The Morgan fingerprint density at radius 3 is 2.33 bits per heavy atom. The zero-order valence-electron chi connectivity index (χ0n) is 11.5. The molecule has 0 heterocycles. The Morgan fingerprint density at radius 1 is 1.33 bits per heavy atom. The van der Waals surface area contributed by atoms with Crippen LogP contribution in [0.3, 0.4) is 0 Å². The van der Waals surface area contributed by atoms with Gasteiger partial charge in [-0.25, -0.2) is 0 Å². The van der Waals surface area contributed by atoms with E-state index in [2.05, 4.69) is 0 Å². The number of phenols is 1. The lowest BCUT2D eigenvalue weighted by atomic mass is 9.79. The van der Waals surface area contributed by atoms with Gasteiger partial charge in [0.1, 0.15) is 11.5 Å². The van der Waals surface area contributed by atoms with Crippen molar-refractivity contribution in [2.45, 2.75) is 39.5 Å². The molecule has 1 rings (SSSR count). The molecule has 0 aliphatic heterocycles. The second-order valence-electron chi connectivity index (χ2n) is 5.18. The topological polar surface area (TPSA) is 66.8 Å². The smallest absolute Gasteiger partial charge is 0.304 e. The van der Waals surface area contributed by atoms with E-state index in [1.807, 2.05) is 6.92 Å². The third-order valence-electron chi connectivity index (χ3n) is 3.36. The summed E-state index contributed by atoms with van der Waals surface area (Å²) in [4.78, 5) is 10.9. The van der Waals surface area contributed by atoms with E-state index in [1.54, 1.807) is 33.9 Å². The number of carbonyl (C=O) groups is 1. The van der Waals surface area contributed by atoms with Crippen molar-refractivity contribution in [2.24, 2.45) is 0 Å². The maximum Gasteiger partial charge on any atom is 0.304 e. The van der Waals surface area contributed by atoms with Crippen molar-refractivity contribution < 1.29 is 19.7 Å². The van der Waals surface area contributed by atoms with Gasteiger partial charge in [0.25, 0.3) is 0 Å². The van der Waals surface area contributed by atoms with Crippen LogP contribution >= 0.6 is 0 Å². The van der Waals surface area contributed by atoms with E-state index in [9.17, 15) is 9.90 Å². The van der Waals surface area contributed by atoms with Gasteiger partial charge in [-0.3, -0.25) is 4.79 Å². The Bertz CT molecular complexity index is 475. The lowest BCUT2D eigenvalue weighted by Crippen LogP contribution is -2.22. The zero-order chi connectivity index (χ0) is 14.1. The number of methoxy groups -OCH3 is 1. The first-order valence-electron chi connectivity index (χ1n) is 5.80. The summed E-state index contributed by atoms with van der Waals surface area (Å²) in [5.74, 6) is -0.0742. The Morgan fingerprint density at radius 2 is 1.89 bits per heavy atom. The molecule has 4 nitrogen and oxygen atoms in total. The molecule has 1 aromatic rings. The van der Waals surface area contributed by atoms with Crippen molar-refractivity contribution >= 4 is 5.97 Å². The number of aliphatic carboxylic acids is 1. The summed E-state index contributed by atoms with van der Waals surface area (Å²) in [5, 5.41) is 19.1. The summed E-state index contributed by atoms with van der Waals surface area (Å²) >= 11 is 0. The quantitative estimate of drug-likeness (QED) is 0.864. The van der Waals surface area contributed by atoms with Crippen LogP contribution in [0.25, 0.3) is 0 Å². The predicted octanol–water partition coefficient (Wildman–Crippen LogP) is 2.77. The predicted molar refractivity (Wildman–Crippen MR) is 69.4 cm³/mol. The normalized spacial score (nSPS) is 11.4. The number of phenolic OH excluding ortho intramolecular Hbond substituents is 1. The molecule has 100 valence electrons. The molecule has 0 bridgehead atoms. The van der Waals surface area contributed by atoms with Crippen LogP contribution in [-0.2, 0) is 10.2 Å². The molecule has 0 aliphatic carbocycles. The molecule has 0 aliphatic rings. The van der Waals surface area contributed by atoms with Crippen molar-refractivity contribution in [1.29, 1.82) is 0 Å². The molecule has 0 amide bonds. The summed E-state index contributed by atoms with van der Waals surface area (Å²) in [5.41, 5.74) is 1.54. The highest BCUT2D eigenvalue weighted by atomic mass is 16.5. The van der Waals surface area contributed by atoms with Crippen LogP contribution in [-0.4, -0.2) is 23.3 Å². The van der Waals surface area contributed by atoms with Crippen LogP contribution in [0.2, 0.25) is 0 Å². The van der Waals surface area contributed by atoms with Gasteiger partial charge in [-0.15, -0.1) is 0 Å². The summed E-state index contributed by atoms with van der Waals surface area (Å²) in [7, 11) is 1.56. The average molecular weight is 252 g/mol. The first-order chi connectivity index (χ1) is 8.20. The van der Waals surface area contributed by atoms with Gasteiger partial charge in [0.2, 0.25) is 0 Å². The molecular formula is C14H20O4. The first kappa shape index (κ1) is 14.4. The average Bonchev–Trinajstić information content (AvgIpc) is 2.24. The minimum absolute atomic E-state index is 0.0494. The van der Waals surface area contributed by atoms with E-state index < -0.39 is 11.4 Å². The number of rotatable bonds is 4. The van der Waals surface area contributed by atoms with Crippen molar-refractivity contribution in [2.75, 3.05) is 7.11 Å². The third-order valence-corrected chi connectivity index (χ3v) is 3.36. The second kappa shape index (κ2) is 4.88. The molecule has 0 radical (unpaired) electrons. The molecule has 0 fully saturated rings. The fraction of sp³-hybridized carbons (Fsp3) is 0.500. The molecule has 4 heteroatoms. The maximum atomic E-state index is 10.9. The van der Waals surface area contributed by atoms with Crippen LogP contribution in [0.15, 0.2) is 6.07 Å². The highest BCUT2D eigenvalue weighted by Gasteiger charge is 2.29. The van der Waals surface area contributed by atoms with Crippen molar-refractivity contribution in [3.05, 3.63) is 22.8 Å². The second-order valence-corrected chi connectivity index (χ2v) is 5.18.